The minimum Gasteiger partial charge on any atom is -0.497 e. The lowest BCUT2D eigenvalue weighted by Crippen LogP contribution is -2.41. The molecule has 0 N–H and O–H groups in total. The fourth-order valence-corrected chi connectivity index (χ4v) is 5.96. The molecule has 6 rings (SSSR count). The average Bonchev–Trinajstić information content (AvgIpc) is 3.49. The van der Waals surface area contributed by atoms with Gasteiger partial charge in [0.15, 0.2) is 0 Å². The van der Waals surface area contributed by atoms with Gasteiger partial charge in [-0.05, 0) is 48.7 Å². The first-order valence-corrected chi connectivity index (χ1v) is 10.00. The number of benzene rings is 2. The van der Waals surface area contributed by atoms with Crippen molar-refractivity contribution in [1.82, 2.24) is 0 Å². The third-order valence-electron chi connectivity index (χ3n) is 7.09. The van der Waals surface area contributed by atoms with Gasteiger partial charge in [-0.1, -0.05) is 23.4 Å². The second-order valence-corrected chi connectivity index (χ2v) is 8.26. The van der Waals surface area contributed by atoms with Crippen LogP contribution >= 0.6 is 0 Å². The van der Waals surface area contributed by atoms with Crippen molar-refractivity contribution in [2.24, 2.45) is 34.7 Å². The third kappa shape index (κ3) is 2.14. The molecule has 2 aromatic carbocycles. The zero-order chi connectivity index (χ0) is 19.7. The number of carbonyl (C=O) groups is 2. The highest BCUT2D eigenvalue weighted by Gasteiger charge is 2.70. The number of fused-ring (bicyclic) bond motifs is 8. The second-order valence-electron chi connectivity index (χ2n) is 8.26. The van der Waals surface area contributed by atoms with Crippen LogP contribution in [0.2, 0.25) is 0 Å². The summed E-state index contributed by atoms with van der Waals surface area (Å²) in [5.41, 5.74) is 2.53. The van der Waals surface area contributed by atoms with Gasteiger partial charge in [-0.3, -0.25) is 14.5 Å². The molecule has 4 aliphatic rings. The maximum atomic E-state index is 13.3. The summed E-state index contributed by atoms with van der Waals surface area (Å²) in [6.07, 6.45) is 0.728. The monoisotopic (exact) mass is 388 g/mol. The fourth-order valence-electron chi connectivity index (χ4n) is 5.96. The number of carbonyl (C=O) groups excluding carboxylic acids is 2. The smallest absolute Gasteiger partial charge is 0.238 e. The third-order valence-corrected chi connectivity index (χ3v) is 7.09. The molecule has 0 spiro atoms. The van der Waals surface area contributed by atoms with E-state index in [1.165, 1.54) is 4.90 Å². The van der Waals surface area contributed by atoms with Crippen LogP contribution in [0.5, 0.6) is 5.75 Å². The van der Waals surface area contributed by atoms with Crippen molar-refractivity contribution in [2.45, 2.75) is 12.5 Å². The quantitative estimate of drug-likeness (QED) is 0.759. The Morgan fingerprint density at radius 1 is 0.931 bits per heavy atom. The SMILES string of the molecule is COc1ccc(C2=NO[C@H]3[C@H]4C[C@@H]([C@@H]23)[C@H]2C(=O)N(c3ccccc3)C(=O)[C@@H]42)cc1. The Bertz CT molecular complexity index is 1030. The first-order chi connectivity index (χ1) is 14.2. The Balaban J connectivity index is 1.34. The zero-order valence-electron chi connectivity index (χ0n) is 15.9. The van der Waals surface area contributed by atoms with Crippen LogP contribution in [0.3, 0.4) is 0 Å². The number of para-hydroxylation sites is 1. The van der Waals surface area contributed by atoms with Gasteiger partial charge in [0, 0.05) is 17.4 Å². The van der Waals surface area contributed by atoms with Crippen molar-refractivity contribution < 1.29 is 19.2 Å². The molecule has 6 atom stereocenters. The van der Waals surface area contributed by atoms with Gasteiger partial charge in [0.05, 0.1) is 30.3 Å². The lowest BCUT2D eigenvalue weighted by atomic mass is 9.71. The van der Waals surface area contributed by atoms with Crippen LogP contribution in [0.4, 0.5) is 5.69 Å². The summed E-state index contributed by atoms with van der Waals surface area (Å²) < 4.78 is 5.25. The number of oxime groups is 1. The van der Waals surface area contributed by atoms with Crippen molar-refractivity contribution in [1.29, 1.82) is 0 Å². The summed E-state index contributed by atoms with van der Waals surface area (Å²) >= 11 is 0. The van der Waals surface area contributed by atoms with E-state index in [1.807, 2.05) is 54.6 Å². The van der Waals surface area contributed by atoms with Gasteiger partial charge in [0.25, 0.3) is 0 Å². The van der Waals surface area contributed by atoms with Gasteiger partial charge in [-0.2, -0.15) is 0 Å². The van der Waals surface area contributed by atoms with Gasteiger partial charge in [0.1, 0.15) is 11.9 Å². The maximum absolute atomic E-state index is 13.3. The summed E-state index contributed by atoms with van der Waals surface area (Å²) in [6, 6.07) is 17.0. The highest BCUT2D eigenvalue weighted by molar-refractivity contribution is 6.23. The predicted octanol–water partition coefficient (Wildman–Crippen LogP) is 2.87. The number of nitrogens with zero attached hydrogens (tertiary/aromatic N) is 2. The highest BCUT2D eigenvalue weighted by atomic mass is 16.6. The molecule has 2 bridgehead atoms. The number of hydrogen-bond acceptors (Lipinski definition) is 5. The standard InChI is InChI=1S/C23H20N2O4/c1-28-14-9-7-12(8-10-14)20-19-15-11-16(21(19)29-24-20)18-17(15)22(26)25(23(18)27)13-5-3-2-4-6-13/h2-10,15-19,21H,11H2,1H3/t15-,16+,17-,18+,19+,21+/m1/s1. The first-order valence-electron chi connectivity index (χ1n) is 10.00. The van der Waals surface area contributed by atoms with E-state index in [0.29, 0.717) is 5.69 Å². The highest BCUT2D eigenvalue weighted by Crippen LogP contribution is 2.62. The molecule has 0 aromatic heterocycles. The Hall–Kier alpha value is -3.15. The molecule has 0 radical (unpaired) electrons. The number of imide groups is 1. The topological polar surface area (TPSA) is 68.2 Å². The van der Waals surface area contributed by atoms with Crippen LogP contribution in [-0.4, -0.2) is 30.7 Å². The van der Waals surface area contributed by atoms with Crippen molar-refractivity contribution in [3.05, 3.63) is 60.2 Å². The van der Waals surface area contributed by atoms with E-state index in [1.54, 1.807) is 7.11 Å². The van der Waals surface area contributed by atoms with Crippen LogP contribution in [0.15, 0.2) is 59.8 Å². The number of ether oxygens (including phenoxy) is 1. The van der Waals surface area contributed by atoms with E-state index < -0.39 is 0 Å². The van der Waals surface area contributed by atoms with Gasteiger partial charge < -0.3 is 9.57 Å². The molecule has 0 unspecified atom stereocenters. The summed E-state index contributed by atoms with van der Waals surface area (Å²) in [7, 11) is 1.64. The molecule has 1 saturated heterocycles. The molecule has 2 aromatic rings. The Kier molecular flexibility index (Phi) is 3.43. The molecular formula is C23H20N2O4. The van der Waals surface area contributed by atoms with Crippen LogP contribution < -0.4 is 9.64 Å². The summed E-state index contributed by atoms with van der Waals surface area (Å²) in [4.78, 5) is 33.7. The Morgan fingerprint density at radius 3 is 2.31 bits per heavy atom. The van der Waals surface area contributed by atoms with Crippen LogP contribution in [0, 0.1) is 29.6 Å². The van der Waals surface area contributed by atoms with Crippen LogP contribution in [0.25, 0.3) is 0 Å². The summed E-state index contributed by atoms with van der Waals surface area (Å²) in [6.45, 7) is 0. The van der Waals surface area contributed by atoms with E-state index in [0.717, 1.165) is 23.4 Å². The van der Waals surface area contributed by atoms with Crippen molar-refractivity contribution in [3.63, 3.8) is 0 Å². The molecule has 6 heteroatoms. The molecular weight excluding hydrogens is 368 g/mol. The minimum absolute atomic E-state index is 0.0414. The van der Waals surface area contributed by atoms with Gasteiger partial charge in [0.2, 0.25) is 11.8 Å². The Morgan fingerprint density at radius 2 is 1.62 bits per heavy atom. The molecule has 146 valence electrons. The van der Waals surface area contributed by atoms with E-state index in [2.05, 4.69) is 5.16 Å². The molecule has 2 aliphatic carbocycles. The van der Waals surface area contributed by atoms with Crippen molar-refractivity contribution in [2.75, 3.05) is 12.0 Å². The van der Waals surface area contributed by atoms with E-state index in [4.69, 9.17) is 9.57 Å². The van der Waals surface area contributed by atoms with Crippen molar-refractivity contribution >= 4 is 23.2 Å². The van der Waals surface area contributed by atoms with E-state index in [9.17, 15) is 9.59 Å². The summed E-state index contributed by atoms with van der Waals surface area (Å²) in [5.74, 6) is 0.244. The van der Waals surface area contributed by atoms with Crippen molar-refractivity contribution in [3.8, 4) is 5.75 Å². The number of anilines is 1. The average molecular weight is 388 g/mol. The van der Waals surface area contributed by atoms with Gasteiger partial charge in [-0.25, -0.2) is 0 Å². The zero-order valence-corrected chi connectivity index (χ0v) is 15.9. The first kappa shape index (κ1) is 16.8. The summed E-state index contributed by atoms with van der Waals surface area (Å²) in [5, 5.41) is 4.38. The van der Waals surface area contributed by atoms with E-state index in [-0.39, 0.29) is 47.5 Å². The van der Waals surface area contributed by atoms with Crippen LogP contribution in [0.1, 0.15) is 12.0 Å². The second kappa shape index (κ2) is 5.92. The minimum atomic E-state index is -0.292. The molecule has 2 saturated carbocycles. The molecule has 2 heterocycles. The number of hydrogen-bond donors (Lipinski definition) is 0. The van der Waals surface area contributed by atoms with Gasteiger partial charge >= 0.3 is 0 Å². The number of methoxy groups -OCH3 is 1. The Labute approximate surface area is 168 Å². The molecule has 2 amide bonds. The molecule has 6 nitrogen and oxygen atoms in total. The number of amides is 2. The van der Waals surface area contributed by atoms with E-state index >= 15 is 0 Å². The lowest BCUT2D eigenvalue weighted by Gasteiger charge is -2.29. The normalized spacial score (nSPS) is 34.1. The molecule has 2 aliphatic heterocycles. The van der Waals surface area contributed by atoms with Crippen LogP contribution in [-0.2, 0) is 14.4 Å². The molecule has 3 fully saturated rings. The lowest BCUT2D eigenvalue weighted by molar-refractivity contribution is -0.125. The maximum Gasteiger partial charge on any atom is 0.238 e. The van der Waals surface area contributed by atoms with Gasteiger partial charge in [-0.15, -0.1) is 0 Å². The predicted molar refractivity (Wildman–Crippen MR) is 105 cm³/mol. The fraction of sp³-hybridized carbons (Fsp3) is 0.348. The molecule has 29 heavy (non-hydrogen) atoms. The number of rotatable bonds is 3. The largest absolute Gasteiger partial charge is 0.497 e.